The molecular weight excluding hydrogens is 1330 g/mol. The van der Waals surface area contributed by atoms with Crippen molar-refractivity contribution < 1.29 is 71.3 Å². The van der Waals surface area contributed by atoms with Gasteiger partial charge in [0.05, 0.1) is 57.2 Å². The Morgan fingerprint density at radius 1 is 0.663 bits per heavy atom. The monoisotopic (exact) mass is 1420 g/mol. The number of nitrogens with one attached hydrogen (secondary N) is 10. The SMILES string of the molecule is CC(C)C[C@H]1NC(=O)[C@@H](CC(N)=O)NC(=O)[C@@H](NC(=O)COCCOCCOCCNC(=O)CCCCC2SC[C@H]3NC(=O)N[C@@H]23)Cc2cn(nn2)CCCC[C@@H](C(N)=O)NC(=O)[C@@H](Cc2ccc(F)cc2)NC(=O)[C@@H](Cc2cn(C)c3ccccc23)NC(=O)[C@@H](Cc2ccccc2)NC1=O. The molecule has 32 heteroatoms. The van der Waals surface area contributed by atoms with Crippen molar-refractivity contribution in [3.05, 3.63) is 119 Å². The smallest absolute Gasteiger partial charge is 0.315 e. The number of nitrogens with two attached hydrogens (primary N) is 2. The minimum Gasteiger partial charge on any atom is -0.377 e. The zero-order chi connectivity index (χ0) is 72.4. The number of halogens is 1. The summed E-state index contributed by atoms with van der Waals surface area (Å²) in [6, 6.07) is 11.2. The van der Waals surface area contributed by atoms with E-state index >= 15 is 9.59 Å². The van der Waals surface area contributed by atoms with Gasteiger partial charge in [-0.1, -0.05) is 86.1 Å². The molecule has 5 heterocycles. The van der Waals surface area contributed by atoms with Crippen LogP contribution in [0.5, 0.6) is 0 Å². The number of carbonyl (C=O) groups excluding carboxylic acids is 11. The number of carbonyl (C=O) groups is 11. The standard InChI is InChI=1S/C69H93FN16O14S/c1-41(2)31-49-63(91)77-50(32-42-13-5-4-6-14-42)65(93)79-52(34-44-37-85(3)56-17-8-7-15-47(44)56)66(94)78-51(33-43-20-22-45(70)23-21-43)64(92)75-48(62(72)90)16-11-12-25-86-38-46(83-84-86)35-53(67(95)80-54(36-58(71)87)68(96)76-49)74-60(89)39-100-30-29-99-28-27-98-26-24-73-59(88)19-10-9-18-57-61-55(40-101-57)81-69(97)82-61/h4-8,13-15,17,20-23,37-38,41,48-55,57,61H,9-12,16,18-19,24-36,39-40H2,1-3H3,(H2,71,87)(H2,72,90)(H,73,88)(H,74,89)(H,75,92)(H,76,96)(H,77,91)(H,78,94)(H,79,93)(H,80,95)(H2,81,82,97)/t48-,49+,50+,51+,52+,53-,54+,55+,57?,61+/m0/s1. The minimum absolute atomic E-state index is 0.0253. The van der Waals surface area contributed by atoms with E-state index in [2.05, 4.69) is 63.5 Å². The van der Waals surface area contributed by atoms with Crippen LogP contribution in [-0.2, 0) is 101 Å². The van der Waals surface area contributed by atoms with Crippen molar-refractivity contribution in [2.45, 2.75) is 163 Å². The van der Waals surface area contributed by atoms with E-state index in [0.29, 0.717) is 41.3 Å². The van der Waals surface area contributed by atoms with E-state index in [1.165, 1.54) is 35.1 Å². The van der Waals surface area contributed by atoms with Gasteiger partial charge in [0.15, 0.2) is 0 Å². The maximum atomic E-state index is 15.1. The summed E-state index contributed by atoms with van der Waals surface area (Å²) in [7, 11) is 1.82. The Hall–Kier alpha value is -9.53. The molecule has 1 unspecified atom stereocenters. The maximum absolute atomic E-state index is 15.1. The van der Waals surface area contributed by atoms with E-state index in [1.807, 2.05) is 47.6 Å². The predicted molar refractivity (Wildman–Crippen MR) is 370 cm³/mol. The Kier molecular flexibility index (Phi) is 29.7. The number of unbranched alkanes of at least 4 members (excludes halogenated alkanes) is 1. The molecular formula is C69H93FN16O14S. The van der Waals surface area contributed by atoms with Gasteiger partial charge < -0.3 is 83.4 Å². The van der Waals surface area contributed by atoms with E-state index in [9.17, 15) is 47.5 Å². The lowest BCUT2D eigenvalue weighted by Gasteiger charge is -2.28. The highest BCUT2D eigenvalue weighted by Crippen LogP contribution is 2.33. The van der Waals surface area contributed by atoms with Crippen LogP contribution < -0.4 is 64.6 Å². The molecule has 0 spiro atoms. The molecule has 2 saturated heterocycles. The van der Waals surface area contributed by atoms with Crippen LogP contribution >= 0.6 is 11.8 Å². The summed E-state index contributed by atoms with van der Waals surface area (Å²) in [6.45, 7) is 4.20. The molecule has 0 saturated carbocycles. The molecule has 0 radical (unpaired) electrons. The first kappa shape index (κ1) is 77.2. The van der Waals surface area contributed by atoms with Gasteiger partial charge >= 0.3 is 6.03 Å². The molecule has 10 atom stereocenters. The quantitative estimate of drug-likeness (QED) is 0.0233. The lowest BCUT2D eigenvalue weighted by molar-refractivity contribution is -0.136. The number of hydrogen-bond donors (Lipinski definition) is 12. The Balaban J connectivity index is 0.954. The Morgan fingerprint density at radius 2 is 1.28 bits per heavy atom. The summed E-state index contributed by atoms with van der Waals surface area (Å²) in [5.41, 5.74) is 14.2. The number of primary amides is 2. The fourth-order valence-corrected chi connectivity index (χ4v) is 13.8. The molecule has 2 fully saturated rings. The Morgan fingerprint density at radius 3 is 1.97 bits per heavy atom. The molecule has 2 bridgehead atoms. The third-order valence-electron chi connectivity index (χ3n) is 17.4. The lowest BCUT2D eigenvalue weighted by Crippen LogP contribution is -2.61. The average molecular weight is 1420 g/mol. The largest absolute Gasteiger partial charge is 0.377 e. The summed E-state index contributed by atoms with van der Waals surface area (Å²) < 4.78 is 34.3. The highest BCUT2D eigenvalue weighted by molar-refractivity contribution is 8.00. The number of amides is 12. The van der Waals surface area contributed by atoms with Crippen LogP contribution in [0, 0.1) is 11.7 Å². The summed E-state index contributed by atoms with van der Waals surface area (Å²) in [5.74, 6) is -8.04. The summed E-state index contributed by atoms with van der Waals surface area (Å²) in [4.78, 5) is 152. The second-order valence-electron chi connectivity index (χ2n) is 25.9. The molecule has 546 valence electrons. The summed E-state index contributed by atoms with van der Waals surface area (Å²) in [5, 5.41) is 37.2. The molecule has 101 heavy (non-hydrogen) atoms. The first-order valence-electron chi connectivity index (χ1n) is 34.1. The van der Waals surface area contributed by atoms with Gasteiger partial charge in [0.25, 0.3) is 0 Å². The fourth-order valence-electron chi connectivity index (χ4n) is 12.2. The molecule has 3 aliphatic rings. The van der Waals surface area contributed by atoms with E-state index < -0.39 is 114 Å². The highest BCUT2D eigenvalue weighted by Gasteiger charge is 2.43. The number of nitrogens with zero attached hydrogens (tertiary/aromatic N) is 4. The van der Waals surface area contributed by atoms with E-state index in [0.717, 1.165) is 35.9 Å². The number of thioether (sulfide) groups is 1. The van der Waals surface area contributed by atoms with Crippen molar-refractivity contribution in [1.29, 1.82) is 0 Å². The van der Waals surface area contributed by atoms with Crippen molar-refractivity contribution in [3.63, 3.8) is 0 Å². The molecule has 12 amide bonds. The Bertz CT molecular complexity index is 3660. The minimum atomic E-state index is -1.72. The van der Waals surface area contributed by atoms with Gasteiger partial charge in [-0.3, -0.25) is 52.6 Å². The number of aromatic nitrogens is 4. The summed E-state index contributed by atoms with van der Waals surface area (Å²) >= 11 is 1.84. The number of rotatable bonds is 28. The predicted octanol–water partition coefficient (Wildman–Crippen LogP) is 0.0556. The first-order chi connectivity index (χ1) is 48.5. The second-order valence-corrected chi connectivity index (χ2v) is 27.1. The number of para-hydroxylation sites is 1. The summed E-state index contributed by atoms with van der Waals surface area (Å²) in [6.07, 6.45) is 5.28. The van der Waals surface area contributed by atoms with Gasteiger partial charge in [-0.25, -0.2) is 9.18 Å². The van der Waals surface area contributed by atoms with Gasteiger partial charge in [-0.05, 0) is 79.3 Å². The van der Waals surface area contributed by atoms with E-state index in [1.54, 1.807) is 50.4 Å². The van der Waals surface area contributed by atoms with Gasteiger partial charge in [0.2, 0.25) is 59.1 Å². The van der Waals surface area contributed by atoms with Gasteiger partial charge in [0.1, 0.15) is 54.7 Å². The molecule has 2 aromatic heterocycles. The highest BCUT2D eigenvalue weighted by atomic mass is 32.2. The van der Waals surface area contributed by atoms with Crippen molar-refractivity contribution in [2.24, 2.45) is 24.4 Å². The second kappa shape index (κ2) is 38.9. The van der Waals surface area contributed by atoms with Crippen LogP contribution in [0.3, 0.4) is 0 Å². The molecule has 0 aliphatic carbocycles. The van der Waals surface area contributed by atoms with E-state index in [4.69, 9.17) is 25.7 Å². The topological polar surface area (TPSA) is 423 Å². The molecule has 3 aliphatic heterocycles. The Labute approximate surface area is 588 Å². The number of ether oxygens (including phenoxy) is 3. The zero-order valence-electron chi connectivity index (χ0n) is 57.0. The third kappa shape index (κ3) is 24.7. The molecule has 14 N–H and O–H groups in total. The van der Waals surface area contributed by atoms with Crippen LogP contribution in [0.1, 0.15) is 94.0 Å². The number of aryl methyl sites for hydroxylation is 2. The maximum Gasteiger partial charge on any atom is 0.315 e. The van der Waals surface area contributed by atoms with Crippen LogP contribution in [0.25, 0.3) is 10.9 Å². The lowest BCUT2D eigenvalue weighted by atomic mass is 9.99. The van der Waals surface area contributed by atoms with Gasteiger partial charge in [-0.15, -0.1) is 5.10 Å². The first-order valence-corrected chi connectivity index (χ1v) is 35.2. The van der Waals surface area contributed by atoms with Gasteiger partial charge in [0, 0.05) is 86.5 Å². The van der Waals surface area contributed by atoms with Crippen molar-refractivity contribution in [1.82, 2.24) is 72.7 Å². The van der Waals surface area contributed by atoms with Crippen LogP contribution in [-0.4, -0.2) is 196 Å². The van der Waals surface area contributed by atoms with Gasteiger partial charge in [-0.2, -0.15) is 11.8 Å². The van der Waals surface area contributed by atoms with Crippen LogP contribution in [0.15, 0.2) is 91.3 Å². The number of hydrogen-bond acceptors (Lipinski definition) is 17. The van der Waals surface area contributed by atoms with Crippen LogP contribution in [0.2, 0.25) is 0 Å². The molecule has 3 aromatic carbocycles. The molecule has 5 aromatic rings. The van der Waals surface area contributed by atoms with E-state index in [-0.39, 0.29) is 120 Å². The van der Waals surface area contributed by atoms with Crippen molar-refractivity contribution >= 4 is 87.8 Å². The molecule has 30 nitrogen and oxygen atoms in total. The van der Waals surface area contributed by atoms with Crippen molar-refractivity contribution in [3.8, 4) is 0 Å². The number of urea groups is 1. The fraction of sp³-hybridized carbons (Fsp3) is 0.522. The normalized spacial score (nSPS) is 22.8. The average Bonchev–Trinajstić information content (AvgIpc) is 1.71. The van der Waals surface area contributed by atoms with Crippen molar-refractivity contribution in [2.75, 3.05) is 51.9 Å². The third-order valence-corrected chi connectivity index (χ3v) is 18.9. The zero-order valence-corrected chi connectivity index (χ0v) is 57.8. The van der Waals surface area contributed by atoms with Crippen LogP contribution in [0.4, 0.5) is 9.18 Å². The molecule has 8 rings (SSSR count). The number of fused-ring (bicyclic) bond motifs is 4. The number of benzene rings is 3.